The van der Waals surface area contributed by atoms with E-state index in [1.54, 1.807) is 18.2 Å². The standard InChI is InChI=1S/C32H36N4O3/c1-2-27(24-11-5-3-6-12-24)31(38)36-21-19-34(20-22-36)29-16-15-26(33-30(37)25-13-7-4-8-14-25)23-28(29)32(39)35-17-9-10-18-35/h3-8,11-16,23,27H,2,9-10,17-22H2,1H3,(H,33,37)/t27-/m0/s1. The molecule has 1 N–H and O–H groups in total. The number of amides is 3. The molecule has 7 nitrogen and oxygen atoms in total. The van der Waals surface area contributed by atoms with Crippen LogP contribution >= 0.6 is 0 Å². The maximum Gasteiger partial charge on any atom is 0.256 e. The van der Waals surface area contributed by atoms with Crippen LogP contribution in [0.15, 0.2) is 78.9 Å². The molecule has 0 radical (unpaired) electrons. The molecular weight excluding hydrogens is 488 g/mol. The lowest BCUT2D eigenvalue weighted by atomic mass is 9.94. The molecule has 3 aromatic carbocycles. The molecule has 7 heteroatoms. The summed E-state index contributed by atoms with van der Waals surface area (Å²) in [6, 6.07) is 24.6. The topological polar surface area (TPSA) is 73.0 Å². The first-order valence-corrected chi connectivity index (χ1v) is 13.9. The highest BCUT2D eigenvalue weighted by Crippen LogP contribution is 2.29. The van der Waals surface area contributed by atoms with Gasteiger partial charge in [-0.1, -0.05) is 55.5 Å². The molecule has 39 heavy (non-hydrogen) atoms. The van der Waals surface area contributed by atoms with Crippen molar-refractivity contribution in [2.45, 2.75) is 32.1 Å². The minimum absolute atomic E-state index is 0.00746. The maximum absolute atomic E-state index is 13.6. The predicted molar refractivity (Wildman–Crippen MR) is 154 cm³/mol. The maximum atomic E-state index is 13.6. The Morgan fingerprint density at radius 2 is 1.41 bits per heavy atom. The van der Waals surface area contributed by atoms with Gasteiger partial charge in [0.1, 0.15) is 0 Å². The van der Waals surface area contributed by atoms with Gasteiger partial charge >= 0.3 is 0 Å². The van der Waals surface area contributed by atoms with Gasteiger partial charge in [0.05, 0.1) is 11.5 Å². The minimum atomic E-state index is -0.209. The van der Waals surface area contributed by atoms with Crippen molar-refractivity contribution in [2.75, 3.05) is 49.5 Å². The Morgan fingerprint density at radius 1 is 0.769 bits per heavy atom. The van der Waals surface area contributed by atoms with Crippen LogP contribution in [-0.2, 0) is 4.79 Å². The molecule has 2 aliphatic rings. The van der Waals surface area contributed by atoms with Crippen molar-refractivity contribution in [2.24, 2.45) is 0 Å². The van der Waals surface area contributed by atoms with Crippen LogP contribution in [0.2, 0.25) is 0 Å². The van der Waals surface area contributed by atoms with E-state index in [9.17, 15) is 14.4 Å². The average Bonchev–Trinajstić information content (AvgIpc) is 3.53. The van der Waals surface area contributed by atoms with Gasteiger partial charge in [-0.15, -0.1) is 0 Å². The minimum Gasteiger partial charge on any atom is -0.367 e. The summed E-state index contributed by atoms with van der Waals surface area (Å²) in [7, 11) is 0. The number of piperazine rings is 1. The van der Waals surface area contributed by atoms with E-state index in [4.69, 9.17) is 0 Å². The Morgan fingerprint density at radius 3 is 2.05 bits per heavy atom. The van der Waals surface area contributed by atoms with Crippen molar-refractivity contribution in [3.8, 4) is 0 Å². The number of carbonyl (C=O) groups excluding carboxylic acids is 3. The molecule has 0 unspecified atom stereocenters. The van der Waals surface area contributed by atoms with E-state index < -0.39 is 0 Å². The first-order valence-electron chi connectivity index (χ1n) is 13.9. The van der Waals surface area contributed by atoms with E-state index >= 15 is 0 Å². The number of hydrogen-bond donors (Lipinski definition) is 1. The van der Waals surface area contributed by atoms with E-state index in [-0.39, 0.29) is 23.6 Å². The highest BCUT2D eigenvalue weighted by Gasteiger charge is 2.30. The Bertz CT molecular complexity index is 1300. The van der Waals surface area contributed by atoms with Crippen molar-refractivity contribution < 1.29 is 14.4 Å². The van der Waals surface area contributed by atoms with Crippen LogP contribution in [0.1, 0.15) is 58.4 Å². The second-order valence-corrected chi connectivity index (χ2v) is 10.2. The molecule has 0 spiro atoms. The van der Waals surface area contributed by atoms with Gasteiger partial charge in [-0.05, 0) is 55.2 Å². The molecule has 5 rings (SSSR count). The first-order chi connectivity index (χ1) is 19.0. The van der Waals surface area contributed by atoms with E-state index in [0.717, 1.165) is 43.6 Å². The molecule has 2 heterocycles. The number of likely N-dealkylation sites (tertiary alicyclic amines) is 1. The number of anilines is 2. The van der Waals surface area contributed by atoms with E-state index in [2.05, 4.69) is 17.1 Å². The fraction of sp³-hybridized carbons (Fsp3) is 0.344. The molecule has 2 fully saturated rings. The van der Waals surface area contributed by atoms with Crippen LogP contribution in [0, 0.1) is 0 Å². The number of rotatable bonds is 7. The van der Waals surface area contributed by atoms with Gasteiger partial charge in [0.15, 0.2) is 0 Å². The summed E-state index contributed by atoms with van der Waals surface area (Å²) in [5.41, 5.74) is 3.66. The molecule has 0 bridgehead atoms. The van der Waals surface area contributed by atoms with Crippen LogP contribution in [0.25, 0.3) is 0 Å². The molecule has 202 valence electrons. The second kappa shape index (κ2) is 12.2. The second-order valence-electron chi connectivity index (χ2n) is 10.2. The smallest absolute Gasteiger partial charge is 0.256 e. The van der Waals surface area contributed by atoms with Crippen LogP contribution in [-0.4, -0.2) is 66.8 Å². The van der Waals surface area contributed by atoms with Crippen molar-refractivity contribution in [1.29, 1.82) is 0 Å². The fourth-order valence-corrected chi connectivity index (χ4v) is 5.57. The van der Waals surface area contributed by atoms with Gasteiger partial charge in [-0.2, -0.15) is 0 Å². The Balaban J connectivity index is 1.33. The van der Waals surface area contributed by atoms with Crippen LogP contribution < -0.4 is 10.2 Å². The lowest BCUT2D eigenvalue weighted by molar-refractivity contribution is -0.133. The summed E-state index contributed by atoms with van der Waals surface area (Å²) >= 11 is 0. The predicted octanol–water partition coefficient (Wildman–Crippen LogP) is 5.02. The summed E-state index contributed by atoms with van der Waals surface area (Å²) in [6.07, 6.45) is 2.77. The number of hydrogen-bond acceptors (Lipinski definition) is 4. The monoisotopic (exact) mass is 524 g/mol. The van der Waals surface area contributed by atoms with Crippen molar-refractivity contribution in [1.82, 2.24) is 9.80 Å². The zero-order chi connectivity index (χ0) is 27.2. The SMILES string of the molecule is CC[C@H](C(=O)N1CCN(c2ccc(NC(=O)c3ccccc3)cc2C(=O)N2CCCC2)CC1)c1ccccc1. The summed E-state index contributed by atoms with van der Waals surface area (Å²) in [5, 5.41) is 2.95. The summed E-state index contributed by atoms with van der Waals surface area (Å²) in [4.78, 5) is 45.8. The third-order valence-electron chi connectivity index (χ3n) is 7.75. The molecule has 2 saturated heterocycles. The molecule has 3 amide bonds. The average molecular weight is 525 g/mol. The lowest BCUT2D eigenvalue weighted by Crippen LogP contribution is -2.50. The Kier molecular flexibility index (Phi) is 8.25. The van der Waals surface area contributed by atoms with Crippen LogP contribution in [0.4, 0.5) is 11.4 Å². The zero-order valence-electron chi connectivity index (χ0n) is 22.5. The van der Waals surface area contributed by atoms with Gasteiger partial charge in [-0.3, -0.25) is 14.4 Å². The quantitative estimate of drug-likeness (QED) is 0.471. The largest absolute Gasteiger partial charge is 0.367 e. The van der Waals surface area contributed by atoms with Crippen molar-refractivity contribution >= 4 is 29.1 Å². The van der Waals surface area contributed by atoms with Gasteiger partial charge in [0.2, 0.25) is 5.91 Å². The summed E-state index contributed by atoms with van der Waals surface area (Å²) < 4.78 is 0. The molecule has 0 aromatic heterocycles. The van der Waals surface area contributed by atoms with Gasteiger partial charge in [0, 0.05) is 56.2 Å². The summed E-state index contributed by atoms with van der Waals surface area (Å²) in [6.45, 7) is 6.05. The number of carbonyl (C=O) groups is 3. The highest BCUT2D eigenvalue weighted by molar-refractivity contribution is 6.06. The number of nitrogens with one attached hydrogen (secondary N) is 1. The third-order valence-corrected chi connectivity index (χ3v) is 7.75. The molecular formula is C32H36N4O3. The lowest BCUT2D eigenvalue weighted by Gasteiger charge is -2.38. The third kappa shape index (κ3) is 5.98. The first kappa shape index (κ1) is 26.5. The van der Waals surface area contributed by atoms with Crippen LogP contribution in [0.3, 0.4) is 0 Å². The van der Waals surface area contributed by atoms with Gasteiger partial charge in [-0.25, -0.2) is 0 Å². The molecule has 1 atom stereocenters. The van der Waals surface area contributed by atoms with E-state index in [1.165, 1.54) is 0 Å². The highest BCUT2D eigenvalue weighted by atomic mass is 16.2. The summed E-state index contributed by atoms with van der Waals surface area (Å²) in [5.74, 6) is -0.195. The van der Waals surface area contributed by atoms with E-state index in [0.29, 0.717) is 43.0 Å². The Labute approximate surface area is 230 Å². The molecule has 3 aromatic rings. The molecule has 0 aliphatic carbocycles. The van der Waals surface area contributed by atoms with Crippen molar-refractivity contribution in [3.05, 3.63) is 95.6 Å². The molecule has 2 aliphatic heterocycles. The number of nitrogens with zero attached hydrogens (tertiary/aromatic N) is 3. The normalized spacial score (nSPS) is 16.2. The fourth-order valence-electron chi connectivity index (χ4n) is 5.57. The molecule has 0 saturated carbocycles. The Hall–Kier alpha value is -4.13. The van der Waals surface area contributed by atoms with Crippen molar-refractivity contribution in [3.63, 3.8) is 0 Å². The van der Waals surface area contributed by atoms with E-state index in [1.807, 2.05) is 70.5 Å². The van der Waals surface area contributed by atoms with Gasteiger partial charge < -0.3 is 20.0 Å². The van der Waals surface area contributed by atoms with Gasteiger partial charge in [0.25, 0.3) is 11.8 Å². The van der Waals surface area contributed by atoms with Crippen LogP contribution in [0.5, 0.6) is 0 Å². The zero-order valence-corrected chi connectivity index (χ0v) is 22.5. The number of benzene rings is 3.